The Hall–Kier alpha value is -0.620. The SMILES string of the molecule is O=C(O)C1CCC1NC1CCS(=O)(=O)C1. The van der Waals surface area contributed by atoms with Crippen LogP contribution in [0.2, 0.25) is 0 Å². The first-order valence-corrected chi connectivity index (χ1v) is 6.99. The lowest BCUT2D eigenvalue weighted by Gasteiger charge is -2.36. The normalized spacial score (nSPS) is 38.5. The van der Waals surface area contributed by atoms with Crippen molar-refractivity contribution in [1.29, 1.82) is 0 Å². The average Bonchev–Trinajstić information content (AvgIpc) is 2.38. The quantitative estimate of drug-likeness (QED) is 0.694. The fourth-order valence-electron chi connectivity index (χ4n) is 2.22. The van der Waals surface area contributed by atoms with Crippen LogP contribution in [0.25, 0.3) is 0 Å². The third-order valence-electron chi connectivity index (χ3n) is 3.27. The molecule has 0 bridgehead atoms. The van der Waals surface area contributed by atoms with Crippen LogP contribution in [0.3, 0.4) is 0 Å². The second-order valence-corrected chi connectivity index (χ2v) is 6.62. The van der Waals surface area contributed by atoms with Crippen molar-refractivity contribution < 1.29 is 18.3 Å². The summed E-state index contributed by atoms with van der Waals surface area (Å²) in [5.74, 6) is -0.710. The molecule has 2 N–H and O–H groups in total. The summed E-state index contributed by atoms with van der Waals surface area (Å²) in [7, 11) is -2.87. The van der Waals surface area contributed by atoms with Crippen LogP contribution >= 0.6 is 0 Å². The van der Waals surface area contributed by atoms with Gasteiger partial charge in [0, 0.05) is 12.1 Å². The zero-order valence-electron chi connectivity index (χ0n) is 8.35. The number of rotatable bonds is 3. The standard InChI is InChI=1S/C9H15NO4S/c11-9(12)7-1-2-8(7)10-6-3-4-15(13,14)5-6/h6-8,10H,1-5H2,(H,11,12). The molecule has 0 radical (unpaired) electrons. The van der Waals surface area contributed by atoms with Crippen LogP contribution in [-0.4, -0.2) is 43.1 Å². The fourth-order valence-corrected chi connectivity index (χ4v) is 3.91. The molecule has 0 aromatic carbocycles. The highest BCUT2D eigenvalue weighted by atomic mass is 32.2. The molecule has 3 unspecified atom stereocenters. The van der Waals surface area contributed by atoms with E-state index in [2.05, 4.69) is 5.32 Å². The van der Waals surface area contributed by atoms with Gasteiger partial charge in [-0.1, -0.05) is 0 Å². The molecule has 86 valence electrons. The molecule has 2 fully saturated rings. The zero-order chi connectivity index (χ0) is 11.1. The zero-order valence-corrected chi connectivity index (χ0v) is 9.16. The van der Waals surface area contributed by atoms with E-state index in [4.69, 9.17) is 5.11 Å². The molecule has 1 aliphatic carbocycles. The Labute approximate surface area is 88.8 Å². The van der Waals surface area contributed by atoms with Crippen molar-refractivity contribution in [3.63, 3.8) is 0 Å². The maximum atomic E-state index is 11.2. The average molecular weight is 233 g/mol. The number of sulfone groups is 1. The Bertz CT molecular complexity index is 364. The third-order valence-corrected chi connectivity index (χ3v) is 5.04. The first-order valence-electron chi connectivity index (χ1n) is 5.17. The van der Waals surface area contributed by atoms with Gasteiger partial charge in [-0.3, -0.25) is 4.79 Å². The van der Waals surface area contributed by atoms with E-state index in [9.17, 15) is 13.2 Å². The number of carboxylic acids is 1. The van der Waals surface area contributed by atoms with E-state index < -0.39 is 15.8 Å². The number of hydrogen-bond donors (Lipinski definition) is 2. The number of carboxylic acid groups (broad SMARTS) is 1. The maximum Gasteiger partial charge on any atom is 0.308 e. The number of hydrogen-bond acceptors (Lipinski definition) is 4. The van der Waals surface area contributed by atoms with Crippen LogP contribution in [0.1, 0.15) is 19.3 Å². The molecular weight excluding hydrogens is 218 g/mol. The van der Waals surface area contributed by atoms with E-state index >= 15 is 0 Å². The maximum absolute atomic E-state index is 11.2. The predicted molar refractivity (Wildman–Crippen MR) is 54.3 cm³/mol. The van der Waals surface area contributed by atoms with E-state index in [-0.39, 0.29) is 29.5 Å². The topological polar surface area (TPSA) is 83.5 Å². The minimum Gasteiger partial charge on any atom is -0.481 e. The molecule has 6 heteroatoms. The molecule has 0 aromatic rings. The fraction of sp³-hybridized carbons (Fsp3) is 0.889. The summed E-state index contributed by atoms with van der Waals surface area (Å²) in [6.07, 6.45) is 2.16. The lowest BCUT2D eigenvalue weighted by molar-refractivity contribution is -0.146. The van der Waals surface area contributed by atoms with Crippen molar-refractivity contribution in [3.8, 4) is 0 Å². The second kappa shape index (κ2) is 3.75. The smallest absolute Gasteiger partial charge is 0.308 e. The van der Waals surface area contributed by atoms with Crippen LogP contribution in [-0.2, 0) is 14.6 Å². The van der Waals surface area contributed by atoms with Crippen molar-refractivity contribution >= 4 is 15.8 Å². The van der Waals surface area contributed by atoms with Gasteiger partial charge in [0.05, 0.1) is 17.4 Å². The van der Waals surface area contributed by atoms with Gasteiger partial charge in [-0.05, 0) is 19.3 Å². The number of aliphatic carboxylic acids is 1. The van der Waals surface area contributed by atoms with Crippen LogP contribution in [0.15, 0.2) is 0 Å². The Morgan fingerprint density at radius 1 is 1.27 bits per heavy atom. The molecule has 15 heavy (non-hydrogen) atoms. The van der Waals surface area contributed by atoms with Gasteiger partial charge in [-0.25, -0.2) is 8.42 Å². The van der Waals surface area contributed by atoms with Gasteiger partial charge in [0.2, 0.25) is 0 Å². The predicted octanol–water partition coefficient (Wildman–Crippen LogP) is -0.374. The van der Waals surface area contributed by atoms with Gasteiger partial charge in [-0.2, -0.15) is 0 Å². The summed E-state index contributed by atoms with van der Waals surface area (Å²) >= 11 is 0. The van der Waals surface area contributed by atoms with E-state index in [0.29, 0.717) is 12.8 Å². The van der Waals surface area contributed by atoms with Crippen LogP contribution in [0.5, 0.6) is 0 Å². The molecule has 1 saturated heterocycles. The van der Waals surface area contributed by atoms with Gasteiger partial charge in [0.1, 0.15) is 0 Å². The van der Waals surface area contributed by atoms with Crippen LogP contribution in [0, 0.1) is 5.92 Å². The van der Waals surface area contributed by atoms with Crippen molar-refractivity contribution in [2.24, 2.45) is 5.92 Å². The molecule has 2 aliphatic rings. The highest BCUT2D eigenvalue weighted by molar-refractivity contribution is 7.91. The monoisotopic (exact) mass is 233 g/mol. The molecule has 0 amide bonds. The Kier molecular flexibility index (Phi) is 2.72. The summed E-state index contributed by atoms with van der Waals surface area (Å²) < 4.78 is 22.4. The second-order valence-electron chi connectivity index (χ2n) is 4.40. The molecule has 0 aromatic heterocycles. The summed E-state index contributed by atoms with van der Waals surface area (Å²) in [6.45, 7) is 0. The van der Waals surface area contributed by atoms with Gasteiger partial charge < -0.3 is 10.4 Å². The third kappa shape index (κ3) is 2.31. The Morgan fingerprint density at radius 3 is 2.40 bits per heavy atom. The van der Waals surface area contributed by atoms with E-state index in [1.54, 1.807) is 0 Å². The summed E-state index contributed by atoms with van der Waals surface area (Å²) in [5, 5.41) is 12.0. The first kappa shape index (κ1) is 10.9. The summed E-state index contributed by atoms with van der Waals surface area (Å²) in [4.78, 5) is 10.7. The van der Waals surface area contributed by atoms with Gasteiger partial charge >= 0.3 is 5.97 Å². The molecule has 2 rings (SSSR count). The van der Waals surface area contributed by atoms with Gasteiger partial charge in [-0.15, -0.1) is 0 Å². The first-order chi connectivity index (χ1) is 6.98. The molecule has 3 atom stereocenters. The summed E-state index contributed by atoms with van der Waals surface area (Å²) in [5.41, 5.74) is 0. The van der Waals surface area contributed by atoms with Gasteiger partial charge in [0.25, 0.3) is 0 Å². The van der Waals surface area contributed by atoms with Crippen molar-refractivity contribution in [2.75, 3.05) is 11.5 Å². The number of nitrogens with one attached hydrogen (secondary N) is 1. The highest BCUT2D eigenvalue weighted by Gasteiger charge is 2.39. The van der Waals surface area contributed by atoms with E-state index in [1.165, 1.54) is 0 Å². The Morgan fingerprint density at radius 2 is 2.00 bits per heavy atom. The Balaban J connectivity index is 1.86. The minimum absolute atomic E-state index is 0.0270. The molecule has 0 spiro atoms. The highest BCUT2D eigenvalue weighted by Crippen LogP contribution is 2.29. The van der Waals surface area contributed by atoms with Crippen molar-refractivity contribution in [1.82, 2.24) is 5.32 Å². The van der Waals surface area contributed by atoms with Crippen LogP contribution in [0.4, 0.5) is 0 Å². The van der Waals surface area contributed by atoms with Crippen molar-refractivity contribution in [3.05, 3.63) is 0 Å². The van der Waals surface area contributed by atoms with E-state index in [0.717, 1.165) is 6.42 Å². The lowest BCUT2D eigenvalue weighted by atomic mass is 9.79. The molecule has 5 nitrogen and oxygen atoms in total. The van der Waals surface area contributed by atoms with E-state index in [1.807, 2.05) is 0 Å². The molecule has 1 aliphatic heterocycles. The molecular formula is C9H15NO4S. The summed E-state index contributed by atoms with van der Waals surface area (Å²) in [6, 6.07) is -0.0667. The minimum atomic E-state index is -2.87. The van der Waals surface area contributed by atoms with Crippen LogP contribution < -0.4 is 5.32 Å². The number of carbonyl (C=O) groups is 1. The molecule has 1 heterocycles. The van der Waals surface area contributed by atoms with Crippen molar-refractivity contribution in [2.45, 2.75) is 31.3 Å². The largest absolute Gasteiger partial charge is 0.481 e. The van der Waals surface area contributed by atoms with Gasteiger partial charge in [0.15, 0.2) is 9.84 Å². The molecule has 1 saturated carbocycles. The lowest BCUT2D eigenvalue weighted by Crippen LogP contribution is -2.51.